The lowest BCUT2D eigenvalue weighted by atomic mass is 10.1. The number of alkyl halides is 3. The van der Waals surface area contributed by atoms with Crippen LogP contribution in [-0.2, 0) is 12.7 Å². The first-order chi connectivity index (χ1) is 9.65. The summed E-state index contributed by atoms with van der Waals surface area (Å²) in [6.45, 7) is 6.56. The SMILES string of the molecule is CC(C)(C)NCc1cnn(-c2cccc(C(F)(F)F)c2)n1. The molecule has 0 bridgehead atoms. The van der Waals surface area contributed by atoms with Crippen molar-refractivity contribution in [3.8, 4) is 5.69 Å². The second-order valence-corrected chi connectivity index (χ2v) is 5.78. The lowest BCUT2D eigenvalue weighted by Crippen LogP contribution is -2.35. The van der Waals surface area contributed by atoms with Crippen LogP contribution < -0.4 is 5.32 Å². The van der Waals surface area contributed by atoms with Gasteiger partial charge in [-0.1, -0.05) is 6.07 Å². The van der Waals surface area contributed by atoms with Crippen LogP contribution in [0.2, 0.25) is 0 Å². The van der Waals surface area contributed by atoms with Gasteiger partial charge in [0.15, 0.2) is 0 Å². The molecule has 114 valence electrons. The Morgan fingerprint density at radius 1 is 1.19 bits per heavy atom. The van der Waals surface area contributed by atoms with Crippen molar-refractivity contribution in [2.45, 2.75) is 39.0 Å². The molecule has 0 aliphatic heterocycles. The quantitative estimate of drug-likeness (QED) is 0.946. The van der Waals surface area contributed by atoms with Gasteiger partial charge in [0.05, 0.1) is 23.1 Å². The first-order valence-electron chi connectivity index (χ1n) is 6.49. The van der Waals surface area contributed by atoms with E-state index in [1.54, 1.807) is 6.20 Å². The van der Waals surface area contributed by atoms with E-state index in [2.05, 4.69) is 15.5 Å². The van der Waals surface area contributed by atoms with E-state index in [9.17, 15) is 13.2 Å². The van der Waals surface area contributed by atoms with E-state index in [1.807, 2.05) is 20.8 Å². The van der Waals surface area contributed by atoms with Gasteiger partial charge in [0, 0.05) is 12.1 Å². The molecule has 1 aromatic carbocycles. The Morgan fingerprint density at radius 2 is 1.90 bits per heavy atom. The summed E-state index contributed by atoms with van der Waals surface area (Å²) in [5.41, 5.74) is 0.167. The van der Waals surface area contributed by atoms with Crippen molar-refractivity contribution in [2.24, 2.45) is 0 Å². The minimum absolute atomic E-state index is 0.0695. The fourth-order valence-corrected chi connectivity index (χ4v) is 1.66. The van der Waals surface area contributed by atoms with Crippen molar-refractivity contribution in [3.05, 3.63) is 41.7 Å². The third kappa shape index (κ3) is 4.29. The summed E-state index contributed by atoms with van der Waals surface area (Å²) in [6.07, 6.45) is -2.83. The standard InChI is InChI=1S/C14H17F3N4/c1-13(2,3)18-8-11-9-19-21(20-11)12-6-4-5-10(7-12)14(15,16)17/h4-7,9,18H,8H2,1-3H3. The summed E-state index contributed by atoms with van der Waals surface area (Å²) < 4.78 is 38.0. The predicted molar refractivity (Wildman–Crippen MR) is 73.0 cm³/mol. The van der Waals surface area contributed by atoms with Crippen molar-refractivity contribution < 1.29 is 13.2 Å². The lowest BCUT2D eigenvalue weighted by molar-refractivity contribution is -0.137. The van der Waals surface area contributed by atoms with E-state index < -0.39 is 11.7 Å². The van der Waals surface area contributed by atoms with E-state index in [4.69, 9.17) is 0 Å². The van der Waals surface area contributed by atoms with Gasteiger partial charge in [-0.15, -0.1) is 0 Å². The fourth-order valence-electron chi connectivity index (χ4n) is 1.66. The Morgan fingerprint density at radius 3 is 2.52 bits per heavy atom. The van der Waals surface area contributed by atoms with E-state index >= 15 is 0 Å². The minimum atomic E-state index is -4.38. The summed E-state index contributed by atoms with van der Waals surface area (Å²) >= 11 is 0. The van der Waals surface area contributed by atoms with Gasteiger partial charge in [-0.25, -0.2) is 0 Å². The smallest absolute Gasteiger partial charge is 0.306 e. The summed E-state index contributed by atoms with van der Waals surface area (Å²) in [6, 6.07) is 4.93. The highest BCUT2D eigenvalue weighted by atomic mass is 19.4. The molecule has 0 unspecified atom stereocenters. The Bertz CT molecular complexity index is 611. The molecule has 21 heavy (non-hydrogen) atoms. The van der Waals surface area contributed by atoms with E-state index in [0.29, 0.717) is 12.2 Å². The van der Waals surface area contributed by atoms with E-state index in [1.165, 1.54) is 16.9 Å². The molecule has 2 rings (SSSR count). The lowest BCUT2D eigenvalue weighted by Gasteiger charge is -2.19. The molecule has 7 heteroatoms. The molecule has 0 atom stereocenters. The zero-order valence-corrected chi connectivity index (χ0v) is 12.1. The number of nitrogens with one attached hydrogen (secondary N) is 1. The summed E-state index contributed by atoms with van der Waals surface area (Å²) in [4.78, 5) is 1.20. The van der Waals surface area contributed by atoms with Gasteiger partial charge in [0.1, 0.15) is 0 Å². The summed E-state index contributed by atoms with van der Waals surface area (Å²) in [5, 5.41) is 11.4. The maximum Gasteiger partial charge on any atom is 0.416 e. The minimum Gasteiger partial charge on any atom is -0.306 e. The first-order valence-corrected chi connectivity index (χ1v) is 6.49. The molecule has 1 heterocycles. The maximum atomic E-state index is 12.7. The monoisotopic (exact) mass is 298 g/mol. The zero-order valence-electron chi connectivity index (χ0n) is 12.1. The summed E-state index contributed by atoms with van der Waals surface area (Å²) in [5.74, 6) is 0. The van der Waals surface area contributed by atoms with Crippen LogP contribution in [0.3, 0.4) is 0 Å². The average molecular weight is 298 g/mol. The topological polar surface area (TPSA) is 42.7 Å². The van der Waals surface area contributed by atoms with Crippen molar-refractivity contribution in [3.63, 3.8) is 0 Å². The van der Waals surface area contributed by atoms with Crippen LogP contribution in [0.5, 0.6) is 0 Å². The Kier molecular flexibility index (Phi) is 4.04. The van der Waals surface area contributed by atoms with Gasteiger partial charge in [-0.3, -0.25) is 0 Å². The Balaban J connectivity index is 2.18. The molecule has 0 aliphatic rings. The van der Waals surface area contributed by atoms with Crippen molar-refractivity contribution >= 4 is 0 Å². The van der Waals surface area contributed by atoms with Crippen LogP contribution in [0, 0.1) is 0 Å². The molecule has 4 nitrogen and oxygen atoms in total. The molecule has 0 spiro atoms. The van der Waals surface area contributed by atoms with Crippen molar-refractivity contribution in [2.75, 3.05) is 0 Å². The predicted octanol–water partition coefficient (Wildman–Crippen LogP) is 3.17. The number of rotatable bonds is 3. The van der Waals surface area contributed by atoms with Crippen LogP contribution in [-0.4, -0.2) is 20.5 Å². The van der Waals surface area contributed by atoms with Gasteiger partial charge in [-0.2, -0.15) is 28.2 Å². The highest BCUT2D eigenvalue weighted by Gasteiger charge is 2.30. The first kappa shape index (κ1) is 15.5. The number of aromatic nitrogens is 3. The fraction of sp³-hybridized carbons (Fsp3) is 0.429. The van der Waals surface area contributed by atoms with E-state index in [-0.39, 0.29) is 11.2 Å². The van der Waals surface area contributed by atoms with Crippen LogP contribution in [0.25, 0.3) is 5.69 Å². The zero-order chi connectivity index (χ0) is 15.7. The summed E-state index contributed by atoms with van der Waals surface area (Å²) in [7, 11) is 0. The number of hydrogen-bond donors (Lipinski definition) is 1. The molecule has 0 saturated heterocycles. The number of hydrogen-bond acceptors (Lipinski definition) is 3. The molecule has 0 amide bonds. The third-order valence-corrected chi connectivity index (χ3v) is 2.74. The largest absolute Gasteiger partial charge is 0.416 e. The average Bonchev–Trinajstić information content (AvgIpc) is 2.83. The van der Waals surface area contributed by atoms with Crippen LogP contribution >= 0.6 is 0 Å². The highest BCUT2D eigenvalue weighted by molar-refractivity contribution is 5.35. The number of nitrogens with zero attached hydrogens (tertiary/aromatic N) is 3. The number of benzene rings is 1. The van der Waals surface area contributed by atoms with Gasteiger partial charge >= 0.3 is 6.18 Å². The van der Waals surface area contributed by atoms with Crippen LogP contribution in [0.1, 0.15) is 32.0 Å². The van der Waals surface area contributed by atoms with Gasteiger partial charge in [0.25, 0.3) is 0 Å². The molecule has 1 N–H and O–H groups in total. The molecular weight excluding hydrogens is 281 g/mol. The van der Waals surface area contributed by atoms with Crippen molar-refractivity contribution in [1.82, 2.24) is 20.3 Å². The second-order valence-electron chi connectivity index (χ2n) is 5.78. The molecule has 0 aliphatic carbocycles. The normalized spacial score (nSPS) is 12.7. The molecule has 0 fully saturated rings. The Hall–Kier alpha value is -1.89. The molecular formula is C14H17F3N4. The Labute approximate surface area is 121 Å². The second kappa shape index (κ2) is 5.48. The van der Waals surface area contributed by atoms with Crippen LogP contribution in [0.15, 0.2) is 30.5 Å². The van der Waals surface area contributed by atoms with Gasteiger partial charge in [0.2, 0.25) is 0 Å². The molecule has 0 radical (unpaired) electrons. The van der Waals surface area contributed by atoms with Crippen LogP contribution in [0.4, 0.5) is 13.2 Å². The maximum absolute atomic E-state index is 12.7. The van der Waals surface area contributed by atoms with Gasteiger partial charge in [-0.05, 0) is 39.0 Å². The van der Waals surface area contributed by atoms with E-state index in [0.717, 1.165) is 12.1 Å². The third-order valence-electron chi connectivity index (χ3n) is 2.74. The molecule has 1 aromatic heterocycles. The van der Waals surface area contributed by atoms with Crippen molar-refractivity contribution in [1.29, 1.82) is 0 Å². The van der Waals surface area contributed by atoms with Gasteiger partial charge < -0.3 is 5.32 Å². The molecule has 2 aromatic rings. The molecule has 0 saturated carbocycles. The highest BCUT2D eigenvalue weighted by Crippen LogP contribution is 2.30. The number of halogens is 3.